The molecule has 0 spiro atoms. The Balaban J connectivity index is 2.46. The summed E-state index contributed by atoms with van der Waals surface area (Å²) in [5.41, 5.74) is 2.96. The molecular weight excluding hydrogens is 168 g/mol. The molecule has 2 rings (SSSR count). The van der Waals surface area contributed by atoms with Crippen LogP contribution in [0.2, 0.25) is 5.02 Å². The highest BCUT2D eigenvalue weighted by Crippen LogP contribution is 2.32. The molecule has 1 heteroatoms. The van der Waals surface area contributed by atoms with E-state index in [1.54, 1.807) is 0 Å². The van der Waals surface area contributed by atoms with Crippen LogP contribution in [-0.4, -0.2) is 0 Å². The van der Waals surface area contributed by atoms with Gasteiger partial charge in [0, 0.05) is 5.02 Å². The molecule has 0 fully saturated rings. The van der Waals surface area contributed by atoms with Crippen LogP contribution >= 0.6 is 11.6 Å². The van der Waals surface area contributed by atoms with E-state index >= 15 is 0 Å². The summed E-state index contributed by atoms with van der Waals surface area (Å²) in [6, 6.07) is 6.30. The van der Waals surface area contributed by atoms with Gasteiger partial charge in [0.1, 0.15) is 0 Å². The van der Waals surface area contributed by atoms with Gasteiger partial charge in [-0.05, 0) is 48.4 Å². The first-order valence-corrected chi connectivity index (χ1v) is 4.93. The van der Waals surface area contributed by atoms with Gasteiger partial charge in [-0.3, -0.25) is 0 Å². The lowest BCUT2D eigenvalue weighted by Gasteiger charge is -2.22. The van der Waals surface area contributed by atoms with Crippen LogP contribution < -0.4 is 0 Å². The van der Waals surface area contributed by atoms with Gasteiger partial charge in [-0.2, -0.15) is 0 Å². The molecule has 1 aliphatic carbocycles. The first-order valence-electron chi connectivity index (χ1n) is 4.55. The molecule has 0 radical (unpaired) electrons. The molecule has 1 unspecified atom stereocenters. The molecule has 0 heterocycles. The lowest BCUT2D eigenvalue weighted by molar-refractivity contribution is 0.590. The zero-order chi connectivity index (χ0) is 8.55. The number of aryl methyl sites for hydroxylation is 1. The normalized spacial score (nSPS) is 22.0. The summed E-state index contributed by atoms with van der Waals surface area (Å²) in [6.45, 7) is 2.30. The van der Waals surface area contributed by atoms with Crippen molar-refractivity contribution in [2.24, 2.45) is 0 Å². The van der Waals surface area contributed by atoms with Gasteiger partial charge < -0.3 is 0 Å². The van der Waals surface area contributed by atoms with E-state index in [9.17, 15) is 0 Å². The van der Waals surface area contributed by atoms with E-state index < -0.39 is 0 Å². The first-order chi connectivity index (χ1) is 5.77. The zero-order valence-corrected chi connectivity index (χ0v) is 8.06. The summed E-state index contributed by atoms with van der Waals surface area (Å²) < 4.78 is 0. The number of halogens is 1. The number of hydrogen-bond donors (Lipinski definition) is 0. The van der Waals surface area contributed by atoms with Gasteiger partial charge in [0.05, 0.1) is 0 Å². The van der Waals surface area contributed by atoms with Crippen molar-refractivity contribution in [2.45, 2.75) is 32.1 Å². The Morgan fingerprint density at radius 2 is 2.25 bits per heavy atom. The average Bonchev–Trinajstić information content (AvgIpc) is 2.04. The third-order valence-electron chi connectivity index (χ3n) is 2.72. The van der Waals surface area contributed by atoms with Crippen molar-refractivity contribution in [3.8, 4) is 0 Å². The van der Waals surface area contributed by atoms with Crippen molar-refractivity contribution in [1.29, 1.82) is 0 Å². The Morgan fingerprint density at radius 3 is 3.08 bits per heavy atom. The van der Waals surface area contributed by atoms with E-state index in [4.69, 9.17) is 11.6 Å². The van der Waals surface area contributed by atoms with Crippen molar-refractivity contribution < 1.29 is 0 Å². The lowest BCUT2D eigenvalue weighted by atomic mass is 9.84. The summed E-state index contributed by atoms with van der Waals surface area (Å²) >= 11 is 5.92. The smallest absolute Gasteiger partial charge is 0.0408 e. The van der Waals surface area contributed by atoms with Crippen molar-refractivity contribution in [2.75, 3.05) is 0 Å². The predicted octanol–water partition coefficient (Wildman–Crippen LogP) is 3.78. The molecule has 0 N–H and O–H groups in total. The molecule has 12 heavy (non-hydrogen) atoms. The highest BCUT2D eigenvalue weighted by Gasteiger charge is 2.15. The third-order valence-corrected chi connectivity index (χ3v) is 2.95. The van der Waals surface area contributed by atoms with Crippen molar-refractivity contribution in [1.82, 2.24) is 0 Å². The molecule has 0 aromatic heterocycles. The van der Waals surface area contributed by atoms with Crippen LogP contribution in [0.15, 0.2) is 18.2 Å². The van der Waals surface area contributed by atoms with Gasteiger partial charge in [0.25, 0.3) is 0 Å². The van der Waals surface area contributed by atoms with Crippen LogP contribution in [0, 0.1) is 0 Å². The standard InChI is InChI=1S/C11H13Cl/c1-8-3-2-4-9-7-10(12)5-6-11(8)9/h5-8H,2-4H2,1H3. The van der Waals surface area contributed by atoms with E-state index in [0.717, 1.165) is 10.9 Å². The minimum Gasteiger partial charge on any atom is -0.0843 e. The average molecular weight is 181 g/mol. The second-order valence-corrected chi connectivity index (χ2v) is 4.07. The fourth-order valence-electron chi connectivity index (χ4n) is 2.03. The molecule has 1 atom stereocenters. The first kappa shape index (κ1) is 8.12. The maximum absolute atomic E-state index is 5.92. The Kier molecular flexibility index (Phi) is 2.10. The Labute approximate surface area is 78.6 Å². The van der Waals surface area contributed by atoms with Crippen molar-refractivity contribution in [3.05, 3.63) is 34.3 Å². The number of hydrogen-bond acceptors (Lipinski definition) is 0. The Morgan fingerprint density at radius 1 is 1.42 bits per heavy atom. The van der Waals surface area contributed by atoms with Gasteiger partial charge in [-0.15, -0.1) is 0 Å². The van der Waals surface area contributed by atoms with Crippen LogP contribution in [0.1, 0.15) is 36.8 Å². The molecule has 0 bridgehead atoms. The fourth-order valence-corrected chi connectivity index (χ4v) is 2.22. The minimum atomic E-state index is 0.728. The minimum absolute atomic E-state index is 0.728. The molecule has 1 aromatic carbocycles. The molecule has 0 aliphatic heterocycles. The monoisotopic (exact) mass is 180 g/mol. The zero-order valence-electron chi connectivity index (χ0n) is 7.31. The number of rotatable bonds is 0. The number of fused-ring (bicyclic) bond motifs is 1. The second-order valence-electron chi connectivity index (χ2n) is 3.64. The molecule has 0 nitrogen and oxygen atoms in total. The maximum atomic E-state index is 5.92. The van der Waals surface area contributed by atoms with Crippen molar-refractivity contribution in [3.63, 3.8) is 0 Å². The topological polar surface area (TPSA) is 0 Å². The van der Waals surface area contributed by atoms with Gasteiger partial charge in [0.2, 0.25) is 0 Å². The van der Waals surface area contributed by atoms with Gasteiger partial charge >= 0.3 is 0 Å². The van der Waals surface area contributed by atoms with Crippen molar-refractivity contribution >= 4 is 11.6 Å². The van der Waals surface area contributed by atoms with Gasteiger partial charge in [-0.1, -0.05) is 24.6 Å². The molecule has 1 aliphatic rings. The van der Waals surface area contributed by atoms with Crippen LogP contribution in [0.25, 0.3) is 0 Å². The lowest BCUT2D eigenvalue weighted by Crippen LogP contribution is -2.06. The number of benzene rings is 1. The second kappa shape index (κ2) is 3.10. The predicted molar refractivity (Wildman–Crippen MR) is 52.8 cm³/mol. The van der Waals surface area contributed by atoms with E-state index in [0.29, 0.717) is 0 Å². The maximum Gasteiger partial charge on any atom is 0.0408 e. The van der Waals surface area contributed by atoms with E-state index in [2.05, 4.69) is 19.1 Å². The highest BCUT2D eigenvalue weighted by atomic mass is 35.5. The Bertz CT molecular complexity index is 291. The summed E-state index contributed by atoms with van der Waals surface area (Å²) in [7, 11) is 0. The van der Waals surface area contributed by atoms with Crippen LogP contribution in [-0.2, 0) is 6.42 Å². The van der Waals surface area contributed by atoms with Crippen LogP contribution in [0.4, 0.5) is 0 Å². The van der Waals surface area contributed by atoms with Gasteiger partial charge in [0.15, 0.2) is 0 Å². The summed E-state index contributed by atoms with van der Waals surface area (Å²) in [6.07, 6.45) is 3.85. The van der Waals surface area contributed by atoms with Crippen LogP contribution in [0.3, 0.4) is 0 Å². The quantitative estimate of drug-likeness (QED) is 0.570. The molecule has 1 aromatic rings. The SMILES string of the molecule is CC1CCCc2cc(Cl)ccc21. The summed E-state index contributed by atoms with van der Waals surface area (Å²) in [4.78, 5) is 0. The van der Waals surface area contributed by atoms with E-state index in [1.807, 2.05) is 6.07 Å². The van der Waals surface area contributed by atoms with E-state index in [1.165, 1.54) is 30.4 Å². The highest BCUT2D eigenvalue weighted by molar-refractivity contribution is 6.30. The van der Waals surface area contributed by atoms with E-state index in [-0.39, 0.29) is 0 Å². The summed E-state index contributed by atoms with van der Waals surface area (Å²) in [5, 5.41) is 0.878. The van der Waals surface area contributed by atoms with Crippen LogP contribution in [0.5, 0.6) is 0 Å². The van der Waals surface area contributed by atoms with Gasteiger partial charge in [-0.25, -0.2) is 0 Å². The molecular formula is C11H13Cl. The molecule has 64 valence electrons. The molecule has 0 amide bonds. The third kappa shape index (κ3) is 1.36. The molecule has 0 saturated carbocycles. The largest absolute Gasteiger partial charge is 0.0843 e. The molecule has 0 saturated heterocycles. The Hall–Kier alpha value is -0.490. The fraction of sp³-hybridized carbons (Fsp3) is 0.455. The summed E-state index contributed by atoms with van der Waals surface area (Å²) in [5.74, 6) is 0.728.